The largest absolute Gasteiger partial charge is 0.789 e. The van der Waals surface area contributed by atoms with Crippen LogP contribution in [0.15, 0.2) is 13.2 Å². The molecule has 0 unspecified atom stereocenters. The molecule has 0 saturated heterocycles. The van der Waals surface area contributed by atoms with Gasteiger partial charge in [-0.2, -0.15) is 0 Å². The summed E-state index contributed by atoms with van der Waals surface area (Å²) in [6.07, 6.45) is 0. The molecule has 0 radical (unpaired) electrons. The van der Waals surface area contributed by atoms with Crippen molar-refractivity contribution in [2.75, 3.05) is 0 Å². The molecule has 8 heavy (non-hydrogen) atoms. The number of hydrogen-bond donors (Lipinski definition) is 0. The molecule has 50 valence electrons. The standard InChI is InChI=1S/C2H4.ClH2O4P/c1-2;1-5-6(2,3)4/h1-2H2;(H2,2,3,4)/p-2. The fraction of sp³-hybridized carbons (Fsp3) is 0. The van der Waals surface area contributed by atoms with Gasteiger partial charge in [0.2, 0.25) is 0 Å². The minimum atomic E-state index is -4.88. The second-order valence-electron chi connectivity index (χ2n) is 0.516. The van der Waals surface area contributed by atoms with Crippen molar-refractivity contribution in [3.63, 3.8) is 0 Å². The van der Waals surface area contributed by atoms with Crippen molar-refractivity contribution >= 4 is 19.7 Å². The molecule has 0 amide bonds. The summed E-state index contributed by atoms with van der Waals surface area (Å²) in [6, 6.07) is 0. The van der Waals surface area contributed by atoms with Crippen LogP contribution in [0.5, 0.6) is 0 Å². The smallest absolute Gasteiger partial charge is 0.0842 e. The molecule has 0 bridgehead atoms. The Bertz CT molecular complexity index is 88.0. The van der Waals surface area contributed by atoms with Crippen LogP contribution < -0.4 is 9.79 Å². The summed E-state index contributed by atoms with van der Waals surface area (Å²) in [4.78, 5) is 18.2. The molecule has 0 aromatic carbocycles. The predicted molar refractivity (Wildman–Crippen MR) is 25.8 cm³/mol. The third-order valence-corrected chi connectivity index (χ3v) is 0.761. The van der Waals surface area contributed by atoms with E-state index in [4.69, 9.17) is 14.4 Å². The van der Waals surface area contributed by atoms with Crippen molar-refractivity contribution < 1.29 is 18.4 Å². The van der Waals surface area contributed by atoms with E-state index in [-0.39, 0.29) is 0 Å². The number of halogens is 1. The first kappa shape index (κ1) is 11.0. The van der Waals surface area contributed by atoms with Gasteiger partial charge in [-0.1, -0.05) is 0 Å². The number of rotatable bonds is 1. The summed E-state index contributed by atoms with van der Waals surface area (Å²) < 4.78 is 12.0. The topological polar surface area (TPSA) is 72.4 Å². The Hall–Kier alpha value is 0.140. The Morgan fingerprint density at radius 1 is 1.50 bits per heavy atom. The molecule has 0 atom stereocenters. The maximum absolute atomic E-state index is 9.12. The fourth-order valence-corrected chi connectivity index (χ4v) is 0. The van der Waals surface area contributed by atoms with Gasteiger partial charge in [0.15, 0.2) is 0 Å². The van der Waals surface area contributed by atoms with Crippen LogP contribution in [0, 0.1) is 0 Å². The maximum atomic E-state index is 9.12. The van der Waals surface area contributed by atoms with E-state index in [1.807, 2.05) is 0 Å². The van der Waals surface area contributed by atoms with E-state index in [0.717, 1.165) is 0 Å². The highest BCUT2D eigenvalue weighted by atomic mass is 35.5. The first-order valence-corrected chi connectivity index (χ1v) is 3.15. The monoisotopic (exact) mass is 158 g/mol. The van der Waals surface area contributed by atoms with Gasteiger partial charge >= 0.3 is 0 Å². The lowest BCUT2D eigenvalue weighted by molar-refractivity contribution is -0.333. The fourth-order valence-electron chi connectivity index (χ4n) is 0. The summed E-state index contributed by atoms with van der Waals surface area (Å²) in [5.74, 6) is 0. The molecule has 0 spiro atoms. The zero-order valence-corrected chi connectivity index (χ0v) is 5.52. The van der Waals surface area contributed by atoms with Gasteiger partial charge in [-0.3, -0.25) is 0 Å². The molecular weight excluding hydrogens is 154 g/mol. The molecular formula is C2H4ClO4P-2. The van der Waals surface area contributed by atoms with Crippen LogP contribution in [0.1, 0.15) is 0 Å². The van der Waals surface area contributed by atoms with E-state index in [1.165, 1.54) is 0 Å². The van der Waals surface area contributed by atoms with Gasteiger partial charge in [0.1, 0.15) is 0 Å². The van der Waals surface area contributed by atoms with E-state index in [1.54, 1.807) is 0 Å². The minimum Gasteiger partial charge on any atom is -0.789 e. The van der Waals surface area contributed by atoms with E-state index in [9.17, 15) is 0 Å². The third-order valence-electron chi connectivity index (χ3n) is 0.0845. The van der Waals surface area contributed by atoms with E-state index < -0.39 is 7.82 Å². The summed E-state index contributed by atoms with van der Waals surface area (Å²) in [7, 11) is -4.88. The van der Waals surface area contributed by atoms with Gasteiger partial charge < -0.3 is 14.4 Å². The second-order valence-corrected chi connectivity index (χ2v) is 1.96. The van der Waals surface area contributed by atoms with Gasteiger partial charge in [-0.15, -0.1) is 13.2 Å². The highest BCUT2D eigenvalue weighted by Gasteiger charge is 1.79. The Morgan fingerprint density at radius 3 is 1.62 bits per heavy atom. The number of hydrogen-bond acceptors (Lipinski definition) is 4. The van der Waals surface area contributed by atoms with Crippen LogP contribution in [0.3, 0.4) is 0 Å². The molecule has 0 aromatic heterocycles. The minimum absolute atomic E-state index is 2.85. The summed E-state index contributed by atoms with van der Waals surface area (Å²) >= 11 is 4.09. The van der Waals surface area contributed by atoms with Gasteiger partial charge in [-0.25, -0.2) is 4.08 Å². The molecule has 0 aromatic rings. The van der Waals surface area contributed by atoms with E-state index in [0.29, 0.717) is 0 Å². The van der Waals surface area contributed by atoms with Crippen molar-refractivity contribution in [3.05, 3.63) is 13.2 Å². The zero-order valence-electron chi connectivity index (χ0n) is 3.87. The number of phosphoric acid groups is 1. The van der Waals surface area contributed by atoms with Crippen molar-refractivity contribution in [1.82, 2.24) is 0 Å². The van der Waals surface area contributed by atoms with Crippen LogP contribution >= 0.6 is 19.7 Å². The van der Waals surface area contributed by atoms with Crippen LogP contribution in [0.4, 0.5) is 0 Å². The molecule has 0 aliphatic rings. The Balaban J connectivity index is 0. The SMILES string of the molecule is C=C.O=P([O-])([O-])OCl. The van der Waals surface area contributed by atoms with Gasteiger partial charge in [0.05, 0.1) is 19.7 Å². The Kier molecular flexibility index (Phi) is 7.26. The van der Waals surface area contributed by atoms with E-state index in [2.05, 4.69) is 29.1 Å². The van der Waals surface area contributed by atoms with Gasteiger partial charge in [-0.05, 0) is 0 Å². The van der Waals surface area contributed by atoms with Crippen LogP contribution in [0.2, 0.25) is 0 Å². The van der Waals surface area contributed by atoms with Crippen molar-refractivity contribution in [1.29, 1.82) is 0 Å². The molecule has 4 nitrogen and oxygen atoms in total. The molecule has 0 rings (SSSR count). The van der Waals surface area contributed by atoms with Crippen LogP contribution in [-0.4, -0.2) is 0 Å². The molecule has 0 aliphatic carbocycles. The molecule has 0 aliphatic heterocycles. The predicted octanol–water partition coefficient (Wildman–Crippen LogP) is -0.212. The summed E-state index contributed by atoms with van der Waals surface area (Å²) in [5.41, 5.74) is 0. The van der Waals surface area contributed by atoms with Crippen molar-refractivity contribution in [3.8, 4) is 0 Å². The summed E-state index contributed by atoms with van der Waals surface area (Å²) in [5, 5.41) is 0. The van der Waals surface area contributed by atoms with Crippen LogP contribution in [0.25, 0.3) is 0 Å². The lowest BCUT2D eigenvalue weighted by Crippen LogP contribution is -2.12. The van der Waals surface area contributed by atoms with Crippen LogP contribution in [-0.2, 0) is 8.64 Å². The summed E-state index contributed by atoms with van der Waals surface area (Å²) in [6.45, 7) is 6.00. The molecule has 6 heteroatoms. The third kappa shape index (κ3) is 16.5. The average Bonchev–Trinajstić information content (AvgIpc) is 1.71. The lowest BCUT2D eigenvalue weighted by Gasteiger charge is -2.22. The maximum Gasteiger partial charge on any atom is 0.0842 e. The normalized spacial score (nSPS) is 9.38. The molecule has 0 saturated carbocycles. The quantitative estimate of drug-likeness (QED) is 0.391. The lowest BCUT2D eigenvalue weighted by atomic mass is 11.3. The van der Waals surface area contributed by atoms with Gasteiger partial charge in [0.25, 0.3) is 0 Å². The molecule has 0 fully saturated rings. The van der Waals surface area contributed by atoms with Crippen molar-refractivity contribution in [2.24, 2.45) is 0 Å². The first-order valence-electron chi connectivity index (χ1n) is 1.38. The Morgan fingerprint density at radius 2 is 1.62 bits per heavy atom. The molecule has 0 heterocycles. The highest BCUT2D eigenvalue weighted by Crippen LogP contribution is 2.25. The highest BCUT2D eigenvalue weighted by molar-refractivity contribution is 7.44. The second kappa shape index (κ2) is 5.28. The average molecular weight is 158 g/mol. The zero-order chi connectivity index (χ0) is 7.21. The van der Waals surface area contributed by atoms with E-state index >= 15 is 0 Å². The molecule has 0 N–H and O–H groups in total. The Labute approximate surface area is 52.1 Å². The van der Waals surface area contributed by atoms with Gasteiger partial charge in [0, 0.05) is 0 Å². The first-order chi connectivity index (χ1) is 3.56. The van der Waals surface area contributed by atoms with Crippen molar-refractivity contribution in [2.45, 2.75) is 0 Å².